The van der Waals surface area contributed by atoms with Gasteiger partial charge in [-0.3, -0.25) is 5.32 Å². The maximum Gasteiger partial charge on any atom is 0.321 e. The molecule has 2 rings (SSSR count). The van der Waals surface area contributed by atoms with Gasteiger partial charge in [-0.1, -0.05) is 32.1 Å². The van der Waals surface area contributed by atoms with E-state index in [4.69, 9.17) is 0 Å². The van der Waals surface area contributed by atoms with E-state index in [1.807, 2.05) is 17.8 Å². The molecule has 2 heterocycles. The first-order valence-corrected chi connectivity index (χ1v) is 8.25. The third-order valence-electron chi connectivity index (χ3n) is 4.07. The number of urea groups is 1. The summed E-state index contributed by atoms with van der Waals surface area (Å²) >= 11 is 1.30. The molecule has 2 amide bonds. The van der Waals surface area contributed by atoms with Gasteiger partial charge in [0.25, 0.3) is 0 Å². The summed E-state index contributed by atoms with van der Waals surface area (Å²) < 4.78 is 1.86. The molecule has 8 heteroatoms. The summed E-state index contributed by atoms with van der Waals surface area (Å²) in [5.41, 5.74) is -0.169. The van der Waals surface area contributed by atoms with Gasteiger partial charge in [-0.05, 0) is 19.3 Å². The van der Waals surface area contributed by atoms with Gasteiger partial charge in [-0.2, -0.15) is 0 Å². The highest BCUT2D eigenvalue weighted by atomic mass is 32.1. The molecule has 0 aliphatic carbocycles. The molecule has 0 bridgehead atoms. The quantitative estimate of drug-likeness (QED) is 0.856. The van der Waals surface area contributed by atoms with E-state index in [1.165, 1.54) is 11.3 Å². The SMILES string of the molecule is CCC(CC)(CC)NC(=O)Nc1nnc(-c2nccn2C)s1. The summed E-state index contributed by atoms with van der Waals surface area (Å²) in [4.78, 5) is 16.4. The van der Waals surface area contributed by atoms with Crippen molar-refractivity contribution >= 4 is 22.5 Å². The number of aromatic nitrogens is 4. The lowest BCUT2D eigenvalue weighted by molar-refractivity contribution is 0.229. The molecular formula is C14H22N6OS. The topological polar surface area (TPSA) is 84.7 Å². The van der Waals surface area contributed by atoms with Crippen molar-refractivity contribution in [2.24, 2.45) is 7.05 Å². The van der Waals surface area contributed by atoms with E-state index in [9.17, 15) is 4.79 Å². The Morgan fingerprint density at radius 2 is 1.95 bits per heavy atom. The van der Waals surface area contributed by atoms with Crippen molar-refractivity contribution in [1.82, 2.24) is 25.1 Å². The second-order valence-corrected chi connectivity index (χ2v) is 6.17. The predicted molar refractivity (Wildman–Crippen MR) is 87.9 cm³/mol. The number of hydrogen-bond donors (Lipinski definition) is 2. The van der Waals surface area contributed by atoms with Crippen LogP contribution in [0.1, 0.15) is 40.0 Å². The Morgan fingerprint density at radius 1 is 1.27 bits per heavy atom. The molecular weight excluding hydrogens is 300 g/mol. The summed E-state index contributed by atoms with van der Waals surface area (Å²) in [5, 5.41) is 15.0. The molecule has 120 valence electrons. The van der Waals surface area contributed by atoms with Gasteiger partial charge < -0.3 is 9.88 Å². The average molecular weight is 322 g/mol. The minimum atomic E-state index is -0.243. The summed E-state index contributed by atoms with van der Waals surface area (Å²) in [6.45, 7) is 6.24. The van der Waals surface area contributed by atoms with Crippen LogP contribution in [0.15, 0.2) is 12.4 Å². The maximum absolute atomic E-state index is 12.2. The van der Waals surface area contributed by atoms with E-state index < -0.39 is 0 Å². The summed E-state index contributed by atoms with van der Waals surface area (Å²) in [7, 11) is 1.89. The normalized spacial score (nSPS) is 11.5. The number of hydrogen-bond acceptors (Lipinski definition) is 5. The molecule has 0 saturated carbocycles. The Morgan fingerprint density at radius 3 is 2.50 bits per heavy atom. The van der Waals surface area contributed by atoms with Crippen LogP contribution in [0.2, 0.25) is 0 Å². The number of rotatable bonds is 6. The zero-order chi connectivity index (χ0) is 16.2. The van der Waals surface area contributed by atoms with Gasteiger partial charge in [0, 0.05) is 25.0 Å². The van der Waals surface area contributed by atoms with Crippen LogP contribution < -0.4 is 10.6 Å². The average Bonchev–Trinajstić information content (AvgIpc) is 3.13. The van der Waals surface area contributed by atoms with Crippen molar-refractivity contribution in [3.8, 4) is 10.8 Å². The minimum Gasteiger partial charge on any atom is -0.332 e. The Labute approximate surface area is 134 Å². The molecule has 0 aliphatic rings. The van der Waals surface area contributed by atoms with E-state index in [2.05, 4.69) is 46.6 Å². The van der Waals surface area contributed by atoms with Gasteiger partial charge in [0.1, 0.15) is 0 Å². The first-order chi connectivity index (χ1) is 10.5. The number of carbonyl (C=O) groups is 1. The highest BCUT2D eigenvalue weighted by Crippen LogP contribution is 2.25. The van der Waals surface area contributed by atoms with Crippen molar-refractivity contribution in [2.45, 2.75) is 45.6 Å². The van der Waals surface area contributed by atoms with Gasteiger partial charge in [0.15, 0.2) is 10.8 Å². The van der Waals surface area contributed by atoms with Crippen LogP contribution in [0.3, 0.4) is 0 Å². The van der Waals surface area contributed by atoms with Gasteiger partial charge in [-0.25, -0.2) is 9.78 Å². The summed E-state index contributed by atoms with van der Waals surface area (Å²) in [5.74, 6) is 0.732. The Hall–Kier alpha value is -1.96. The first kappa shape index (κ1) is 16.4. The highest BCUT2D eigenvalue weighted by molar-refractivity contribution is 7.18. The van der Waals surface area contributed by atoms with Crippen LogP contribution in [0, 0.1) is 0 Å². The molecule has 7 nitrogen and oxygen atoms in total. The van der Waals surface area contributed by atoms with Crippen LogP contribution in [0.5, 0.6) is 0 Å². The fourth-order valence-electron chi connectivity index (χ4n) is 2.32. The molecule has 0 saturated heterocycles. The number of nitrogens with one attached hydrogen (secondary N) is 2. The van der Waals surface area contributed by atoms with Crippen LogP contribution >= 0.6 is 11.3 Å². The van der Waals surface area contributed by atoms with E-state index in [-0.39, 0.29) is 11.6 Å². The van der Waals surface area contributed by atoms with E-state index in [1.54, 1.807) is 6.20 Å². The number of carbonyl (C=O) groups excluding carboxylic acids is 1. The zero-order valence-electron chi connectivity index (χ0n) is 13.4. The highest BCUT2D eigenvalue weighted by Gasteiger charge is 2.26. The van der Waals surface area contributed by atoms with Gasteiger partial charge in [0.05, 0.1) is 0 Å². The van der Waals surface area contributed by atoms with Crippen molar-refractivity contribution in [3.63, 3.8) is 0 Å². The van der Waals surface area contributed by atoms with E-state index in [0.29, 0.717) is 10.1 Å². The second-order valence-electron chi connectivity index (χ2n) is 5.19. The number of amides is 2. The van der Waals surface area contributed by atoms with E-state index in [0.717, 1.165) is 25.1 Å². The smallest absolute Gasteiger partial charge is 0.321 e. The molecule has 0 aromatic carbocycles. The third kappa shape index (κ3) is 3.44. The molecule has 0 radical (unpaired) electrons. The molecule has 0 spiro atoms. The predicted octanol–water partition coefficient (Wildman–Crippen LogP) is 3.03. The number of nitrogens with zero attached hydrogens (tertiary/aromatic N) is 4. The lowest BCUT2D eigenvalue weighted by Gasteiger charge is -2.31. The number of imidazole rings is 1. The van der Waals surface area contributed by atoms with Gasteiger partial charge in [0.2, 0.25) is 5.13 Å². The summed E-state index contributed by atoms with van der Waals surface area (Å²) in [6.07, 6.45) is 6.22. The molecule has 0 unspecified atom stereocenters. The molecule has 0 aliphatic heterocycles. The van der Waals surface area contributed by atoms with Crippen molar-refractivity contribution in [2.75, 3.05) is 5.32 Å². The van der Waals surface area contributed by atoms with Crippen LogP contribution in [-0.4, -0.2) is 31.3 Å². The lowest BCUT2D eigenvalue weighted by atomic mass is 9.90. The third-order valence-corrected chi connectivity index (χ3v) is 4.90. The summed E-state index contributed by atoms with van der Waals surface area (Å²) in [6, 6.07) is -0.243. The zero-order valence-corrected chi connectivity index (χ0v) is 14.2. The van der Waals surface area contributed by atoms with E-state index >= 15 is 0 Å². The second kappa shape index (κ2) is 6.87. The Balaban J connectivity index is 2.04. The number of aryl methyl sites for hydroxylation is 1. The van der Waals surface area contributed by atoms with Gasteiger partial charge in [-0.15, -0.1) is 10.2 Å². The van der Waals surface area contributed by atoms with Gasteiger partial charge >= 0.3 is 6.03 Å². The monoisotopic (exact) mass is 322 g/mol. The fourth-order valence-corrected chi connectivity index (χ4v) is 3.10. The van der Waals surface area contributed by atoms with Crippen molar-refractivity contribution in [1.29, 1.82) is 0 Å². The molecule has 22 heavy (non-hydrogen) atoms. The molecule has 2 N–H and O–H groups in total. The maximum atomic E-state index is 12.2. The Bertz CT molecular complexity index is 623. The van der Waals surface area contributed by atoms with Crippen LogP contribution in [0.25, 0.3) is 10.8 Å². The standard InChI is InChI=1S/C14H22N6OS/c1-5-14(6-2,7-3)17-12(21)16-13-19-18-11(22-13)10-15-8-9-20(10)4/h8-9H,5-7H2,1-4H3,(H2,16,17,19,21). The van der Waals surface area contributed by atoms with Crippen LogP contribution in [-0.2, 0) is 7.05 Å². The lowest BCUT2D eigenvalue weighted by Crippen LogP contribution is -2.48. The fraction of sp³-hybridized carbons (Fsp3) is 0.571. The van der Waals surface area contributed by atoms with Crippen molar-refractivity contribution in [3.05, 3.63) is 12.4 Å². The van der Waals surface area contributed by atoms with Crippen LogP contribution in [0.4, 0.5) is 9.93 Å². The molecule has 2 aromatic rings. The Kier molecular flexibility index (Phi) is 5.12. The largest absolute Gasteiger partial charge is 0.332 e. The minimum absolute atomic E-state index is 0.169. The molecule has 0 atom stereocenters. The first-order valence-electron chi connectivity index (χ1n) is 7.44. The number of anilines is 1. The molecule has 0 fully saturated rings. The molecule has 2 aromatic heterocycles. The van der Waals surface area contributed by atoms with Crippen molar-refractivity contribution < 1.29 is 4.79 Å².